The number of hydrazine groups is 3. The third-order valence-corrected chi connectivity index (χ3v) is 6.97. The van der Waals surface area contributed by atoms with E-state index < -0.39 is 5.66 Å². The minimum absolute atomic E-state index is 0.265. The van der Waals surface area contributed by atoms with E-state index in [4.69, 9.17) is 8.83 Å². The van der Waals surface area contributed by atoms with Crippen LogP contribution in [0.1, 0.15) is 11.5 Å². The molecule has 2 N–H and O–H groups in total. The van der Waals surface area contributed by atoms with Crippen molar-refractivity contribution in [1.29, 1.82) is 0 Å². The Hall–Kier alpha value is -4.63. The Labute approximate surface area is 204 Å². The zero-order valence-electron chi connectivity index (χ0n) is 17.7. The number of nitrogens with one attached hydrogen (secondary N) is 2. The van der Waals surface area contributed by atoms with Gasteiger partial charge in [-0.2, -0.15) is 20.4 Å². The van der Waals surface area contributed by atoms with Crippen molar-refractivity contribution in [3.8, 4) is 0 Å². The molecule has 0 aliphatic carbocycles. The van der Waals surface area contributed by atoms with Gasteiger partial charge in [-0.3, -0.25) is 0 Å². The second kappa shape index (κ2) is 7.71. The number of furan rings is 1. The molecule has 1 atom stereocenters. The Morgan fingerprint density at radius 2 is 1.89 bits per heavy atom. The van der Waals surface area contributed by atoms with E-state index >= 15 is 0 Å². The van der Waals surface area contributed by atoms with Crippen molar-refractivity contribution in [3.63, 3.8) is 0 Å². The van der Waals surface area contributed by atoms with Crippen LogP contribution >= 0.6 is 22.7 Å². The van der Waals surface area contributed by atoms with E-state index in [-0.39, 0.29) is 6.01 Å². The number of oxazole rings is 1. The Kier molecular flexibility index (Phi) is 4.36. The van der Waals surface area contributed by atoms with Gasteiger partial charge in [-0.15, -0.1) is 32.9 Å². The first-order valence-corrected chi connectivity index (χ1v) is 12.1. The van der Waals surface area contributed by atoms with Crippen LogP contribution in [0.25, 0.3) is 0 Å². The summed E-state index contributed by atoms with van der Waals surface area (Å²) in [6.45, 7) is 0. The van der Waals surface area contributed by atoms with Gasteiger partial charge in [0, 0.05) is 24.0 Å². The van der Waals surface area contributed by atoms with E-state index in [1.807, 2.05) is 50.2 Å². The molecule has 1 fully saturated rings. The lowest BCUT2D eigenvalue weighted by molar-refractivity contribution is 0.367. The lowest BCUT2D eigenvalue weighted by Crippen LogP contribution is -2.55. The predicted molar refractivity (Wildman–Crippen MR) is 127 cm³/mol. The predicted octanol–water partition coefficient (Wildman–Crippen LogP) is 3.61. The van der Waals surface area contributed by atoms with Gasteiger partial charge in [0.2, 0.25) is 11.1 Å². The molecule has 7 rings (SSSR count). The largest absolute Gasteiger partial charge is 0.464 e. The smallest absolute Gasteiger partial charge is 0.321 e. The third-order valence-electron chi connectivity index (χ3n) is 5.39. The van der Waals surface area contributed by atoms with Gasteiger partial charge in [-0.1, -0.05) is 0 Å². The monoisotopic (exact) mass is 505 g/mol. The molecule has 0 radical (unpaired) electrons. The average molecular weight is 506 g/mol. The highest BCUT2D eigenvalue weighted by molar-refractivity contribution is 7.14. The number of aromatic nitrogens is 7. The van der Waals surface area contributed by atoms with Gasteiger partial charge in [0.25, 0.3) is 5.66 Å². The van der Waals surface area contributed by atoms with Crippen LogP contribution < -0.4 is 20.3 Å². The van der Waals surface area contributed by atoms with Crippen molar-refractivity contribution in [2.24, 2.45) is 0 Å². The molecule has 7 heterocycles. The van der Waals surface area contributed by atoms with E-state index in [9.17, 15) is 0 Å². The average Bonchev–Trinajstić information content (AvgIpc) is 3.71. The van der Waals surface area contributed by atoms with Crippen LogP contribution in [-0.4, -0.2) is 35.3 Å². The number of hydrogen-bond donors (Lipinski definition) is 2. The summed E-state index contributed by atoms with van der Waals surface area (Å²) >= 11 is 3.00. The number of thiazole rings is 1. The molecule has 0 amide bonds. The summed E-state index contributed by atoms with van der Waals surface area (Å²) in [6.07, 6.45) is 11.5. The molecule has 0 spiro atoms. The first kappa shape index (κ1) is 19.8. The first-order valence-electron chi connectivity index (χ1n) is 10.3. The maximum absolute atomic E-state index is 6.10. The summed E-state index contributed by atoms with van der Waals surface area (Å²) in [7, 11) is 0. The number of imidazole rings is 1. The summed E-state index contributed by atoms with van der Waals surface area (Å²) in [5.74, 6) is 1.02. The lowest BCUT2D eigenvalue weighted by atomic mass is 10.0. The number of thiophene rings is 1. The Balaban J connectivity index is 1.63. The fraction of sp³-hybridized carbons (Fsp3) is 0.0500. The van der Waals surface area contributed by atoms with Crippen molar-refractivity contribution in [2.75, 3.05) is 20.3 Å². The summed E-state index contributed by atoms with van der Waals surface area (Å²) in [5, 5.41) is 24.3. The highest BCUT2D eigenvalue weighted by Gasteiger charge is 2.65. The highest BCUT2D eigenvalue weighted by atomic mass is 32.1. The molecule has 1 aliphatic heterocycles. The van der Waals surface area contributed by atoms with Crippen LogP contribution in [0.4, 0.5) is 22.1 Å². The van der Waals surface area contributed by atoms with Crippen molar-refractivity contribution in [2.45, 2.75) is 5.66 Å². The number of H-pyrrole nitrogens is 2. The van der Waals surface area contributed by atoms with Crippen LogP contribution in [0.3, 0.4) is 0 Å². The Bertz CT molecular complexity index is 1350. The Morgan fingerprint density at radius 1 is 0.886 bits per heavy atom. The minimum atomic E-state index is -1.29. The summed E-state index contributed by atoms with van der Waals surface area (Å²) in [4.78, 5) is 16.9. The first-order chi connectivity index (χ1) is 17.4. The molecule has 0 bridgehead atoms. The molecule has 6 aromatic rings. The molecule has 0 saturated carbocycles. The molecule has 15 heteroatoms. The summed E-state index contributed by atoms with van der Waals surface area (Å²) in [5.41, 5.74) is -0.764. The van der Waals surface area contributed by atoms with E-state index in [0.717, 1.165) is 5.00 Å². The Morgan fingerprint density at radius 3 is 2.54 bits per heavy atom. The molecule has 1 unspecified atom stereocenters. The lowest BCUT2D eigenvalue weighted by Gasteiger charge is -2.37. The maximum atomic E-state index is 6.10. The van der Waals surface area contributed by atoms with Crippen LogP contribution in [0.2, 0.25) is 0 Å². The summed E-state index contributed by atoms with van der Waals surface area (Å²) < 4.78 is 12.0. The highest BCUT2D eigenvalue weighted by Crippen LogP contribution is 2.53. The number of aromatic amines is 2. The second-order valence-corrected chi connectivity index (χ2v) is 9.00. The van der Waals surface area contributed by atoms with Gasteiger partial charge < -0.3 is 13.8 Å². The van der Waals surface area contributed by atoms with Gasteiger partial charge >= 0.3 is 6.01 Å². The van der Waals surface area contributed by atoms with Crippen LogP contribution in [-0.2, 0) is 5.66 Å². The van der Waals surface area contributed by atoms with Gasteiger partial charge in [0.15, 0.2) is 5.76 Å². The zero-order valence-corrected chi connectivity index (χ0v) is 19.3. The van der Waals surface area contributed by atoms with E-state index in [2.05, 4.69) is 35.3 Å². The number of hydrogen-bond acceptors (Lipinski definition) is 13. The van der Waals surface area contributed by atoms with Gasteiger partial charge in [-0.05, 0) is 29.6 Å². The topological polar surface area (TPSA) is 135 Å². The molecule has 0 aromatic carbocycles. The minimum Gasteiger partial charge on any atom is -0.464 e. The molecule has 6 aromatic heterocycles. The molecular weight excluding hydrogens is 490 g/mol. The molecule has 1 saturated heterocycles. The van der Waals surface area contributed by atoms with Crippen molar-refractivity contribution < 1.29 is 8.83 Å². The molecular formula is C20H15N11O2S2. The normalized spacial score (nSPS) is 18.2. The molecule has 35 heavy (non-hydrogen) atoms. The van der Waals surface area contributed by atoms with Crippen molar-refractivity contribution in [3.05, 3.63) is 90.0 Å². The number of anilines is 4. The zero-order chi connectivity index (χ0) is 23.2. The van der Waals surface area contributed by atoms with E-state index in [0.29, 0.717) is 22.5 Å². The van der Waals surface area contributed by atoms with Gasteiger partial charge in [-0.25, -0.2) is 20.0 Å². The summed E-state index contributed by atoms with van der Waals surface area (Å²) in [6, 6.07) is 7.93. The van der Waals surface area contributed by atoms with E-state index in [1.54, 1.807) is 53.7 Å². The molecule has 13 nitrogen and oxygen atoms in total. The molecule has 1 aliphatic rings. The SMILES string of the molecule is c1coc(C2(c3cn[nH]n3)N(c3ncco3)N(c3ncc[nH]3)N(c3nccs3)N2c2cccs2)c1. The quantitative estimate of drug-likeness (QED) is 0.343. The van der Waals surface area contributed by atoms with Crippen LogP contribution in [0.5, 0.6) is 0 Å². The van der Waals surface area contributed by atoms with Crippen LogP contribution in [0.15, 0.2) is 87.4 Å². The van der Waals surface area contributed by atoms with Gasteiger partial charge in [0.1, 0.15) is 17.0 Å². The second-order valence-electron chi connectivity index (χ2n) is 7.20. The third kappa shape index (κ3) is 2.75. The van der Waals surface area contributed by atoms with Crippen LogP contribution in [0, 0.1) is 0 Å². The fourth-order valence-corrected chi connectivity index (χ4v) is 5.53. The fourth-order valence-electron chi connectivity index (χ4n) is 4.15. The molecule has 174 valence electrons. The maximum Gasteiger partial charge on any atom is 0.321 e. The standard InChI is InChI=1S/C20H15N11O2S2/c1-3-15(32-9-1)20(14-13-25-27-26-14)28(16-4-2-11-34-16)31(19-24-8-12-35-19)30(17-21-5-6-22-17)29(20)18-23-7-10-33-18/h1-13H,(H,21,22)(H,25,26,27). The van der Waals surface area contributed by atoms with Crippen molar-refractivity contribution in [1.82, 2.24) is 35.3 Å². The van der Waals surface area contributed by atoms with E-state index in [1.165, 1.54) is 17.6 Å². The van der Waals surface area contributed by atoms with Gasteiger partial charge in [0.05, 0.1) is 18.7 Å². The van der Waals surface area contributed by atoms with Crippen molar-refractivity contribution >= 4 is 44.8 Å². The number of nitrogens with zero attached hydrogens (tertiary/aromatic N) is 9. The number of rotatable bonds is 6.